The van der Waals surface area contributed by atoms with E-state index >= 15 is 0 Å². The number of aryl methyl sites for hydroxylation is 1. The molecule has 0 amide bonds. The second kappa shape index (κ2) is 16.7. The molecular formula is C59H55N3O. The number of nitrogens with zero attached hydrogens (tertiary/aromatic N) is 3. The fraction of sp³-hybridized carbons (Fsp3) is 0.186. The fourth-order valence-electron chi connectivity index (χ4n) is 8.66. The Kier molecular flexibility index (Phi) is 10.3. The summed E-state index contributed by atoms with van der Waals surface area (Å²) >= 11 is 0. The van der Waals surface area contributed by atoms with Gasteiger partial charge >= 0.3 is 0 Å². The summed E-state index contributed by atoms with van der Waals surface area (Å²) in [7, 11) is 0. The van der Waals surface area contributed by atoms with E-state index in [-0.39, 0.29) is 11.2 Å². The van der Waals surface area contributed by atoms with Gasteiger partial charge in [0.1, 0.15) is 11.6 Å². The molecule has 0 saturated carbocycles. The van der Waals surface area contributed by atoms with E-state index in [0.717, 1.165) is 94.7 Å². The molecule has 2 heterocycles. The summed E-state index contributed by atoms with van der Waals surface area (Å²) in [5.74, 6) is -0.669. The summed E-state index contributed by atoms with van der Waals surface area (Å²) in [4.78, 5) is 10.5. The van der Waals surface area contributed by atoms with Crippen LogP contribution in [-0.4, -0.2) is 19.6 Å². The molecule has 0 bridgehead atoms. The Morgan fingerprint density at radius 2 is 1.17 bits per heavy atom. The zero-order valence-electron chi connectivity index (χ0n) is 39.5. The Morgan fingerprint density at radius 3 is 1.86 bits per heavy atom. The first kappa shape index (κ1) is 38.9. The Bertz CT molecular complexity index is 3200. The molecule has 0 aliphatic carbocycles. The maximum absolute atomic E-state index is 12.3. The molecule has 0 unspecified atom stereocenters. The molecule has 312 valence electrons. The van der Waals surface area contributed by atoms with Crippen molar-refractivity contribution in [2.45, 2.75) is 72.6 Å². The number of para-hydroxylation sites is 1. The topological polar surface area (TPSA) is 50.9 Å². The van der Waals surface area contributed by atoms with Crippen molar-refractivity contribution in [1.82, 2.24) is 14.5 Å². The van der Waals surface area contributed by atoms with E-state index in [1.54, 1.807) is 0 Å². The largest absolute Gasteiger partial charge is 0.507 e. The van der Waals surface area contributed by atoms with Gasteiger partial charge in [-0.25, -0.2) is 4.98 Å². The number of phenols is 1. The summed E-state index contributed by atoms with van der Waals surface area (Å²) in [6.45, 7) is 16.1. The maximum Gasteiger partial charge on any atom is 0.149 e. The molecule has 0 aliphatic rings. The molecule has 0 radical (unpaired) electrons. The molecule has 0 spiro atoms. The minimum absolute atomic E-state index is 0.212. The van der Waals surface area contributed by atoms with E-state index in [1.807, 2.05) is 88.5 Å². The Morgan fingerprint density at radius 1 is 0.540 bits per heavy atom. The van der Waals surface area contributed by atoms with Gasteiger partial charge in [0, 0.05) is 31.2 Å². The van der Waals surface area contributed by atoms with Gasteiger partial charge in [0.2, 0.25) is 0 Å². The average molecular weight is 824 g/mol. The first-order valence-corrected chi connectivity index (χ1v) is 21.8. The molecule has 1 N–H and O–H groups in total. The predicted molar refractivity (Wildman–Crippen MR) is 265 cm³/mol. The second-order valence-corrected chi connectivity index (χ2v) is 18.2. The summed E-state index contributed by atoms with van der Waals surface area (Å²) in [6.07, 6.45) is 1.87. The number of fused-ring (bicyclic) bond motifs is 1. The molecule has 4 heteroatoms. The van der Waals surface area contributed by atoms with Crippen LogP contribution in [0, 0.1) is 6.92 Å². The monoisotopic (exact) mass is 823 g/mol. The normalized spacial score (nSPS) is 12.6. The van der Waals surface area contributed by atoms with Crippen LogP contribution in [0.25, 0.3) is 83.9 Å². The van der Waals surface area contributed by atoms with Crippen molar-refractivity contribution in [3.8, 4) is 78.6 Å². The van der Waals surface area contributed by atoms with Crippen LogP contribution in [0.3, 0.4) is 0 Å². The minimum Gasteiger partial charge on any atom is -0.507 e. The minimum atomic E-state index is -0.828. The molecule has 0 fully saturated rings. The SMILES string of the molecule is [2H]C(C)(C)c1ccc(-c2ccnc(-c3cc(-c4ccccc4)cc(-c4cccc5c4nc(-c4cc(C)cc(C(C)(C)C)c4O)n5-c4ccc(C([2H])(C)C)cc4-c4ccccc4)c3)c2)cc1. The van der Waals surface area contributed by atoms with Gasteiger partial charge in [-0.1, -0.05) is 158 Å². The molecule has 4 nitrogen and oxygen atoms in total. The molecule has 7 aromatic carbocycles. The van der Waals surface area contributed by atoms with E-state index in [9.17, 15) is 5.11 Å². The van der Waals surface area contributed by atoms with E-state index in [0.29, 0.717) is 11.4 Å². The first-order chi connectivity index (χ1) is 30.9. The van der Waals surface area contributed by atoms with Gasteiger partial charge in [0.25, 0.3) is 0 Å². The quantitative estimate of drug-likeness (QED) is 0.158. The lowest BCUT2D eigenvalue weighted by atomic mass is 9.84. The van der Waals surface area contributed by atoms with Gasteiger partial charge in [-0.2, -0.15) is 0 Å². The Balaban J connectivity index is 1.31. The summed E-state index contributed by atoms with van der Waals surface area (Å²) in [5, 5.41) is 12.3. The number of hydrogen-bond acceptors (Lipinski definition) is 3. The third-order valence-corrected chi connectivity index (χ3v) is 12.1. The number of phenolic OH excluding ortho intramolecular Hbond substituents is 1. The number of rotatable bonds is 9. The number of benzene rings is 7. The zero-order chi connectivity index (χ0) is 45.8. The van der Waals surface area contributed by atoms with Crippen molar-refractivity contribution in [2.75, 3.05) is 0 Å². The van der Waals surface area contributed by atoms with Gasteiger partial charge in [-0.05, 0) is 129 Å². The number of aromatic hydroxyl groups is 1. The van der Waals surface area contributed by atoms with Gasteiger partial charge in [-0.15, -0.1) is 0 Å². The van der Waals surface area contributed by atoms with E-state index in [4.69, 9.17) is 12.7 Å². The zero-order valence-corrected chi connectivity index (χ0v) is 37.5. The van der Waals surface area contributed by atoms with Crippen LogP contribution in [0.4, 0.5) is 0 Å². The van der Waals surface area contributed by atoms with E-state index in [2.05, 4.69) is 141 Å². The van der Waals surface area contributed by atoms with Gasteiger partial charge in [0.15, 0.2) is 0 Å². The first-order valence-electron chi connectivity index (χ1n) is 22.8. The van der Waals surface area contributed by atoms with Crippen LogP contribution in [0.1, 0.15) is 85.2 Å². The third kappa shape index (κ3) is 8.10. The number of imidazole rings is 1. The standard InChI is InChI=1S/C59H55N3O/c1-37(2)40-22-24-42(25-23-40)45-28-29-60-53(36-45)48-33-46(41-16-11-9-12-17-41)32-47(34-48)49-20-15-21-55-56(49)61-58(51-30-39(5)31-52(57(51)63)59(6,7)8)62(55)54-27-26-44(38(3)4)35-50(54)43-18-13-10-14-19-43/h9-38,63H,1-8H3/i37D,38D. The van der Waals surface area contributed by atoms with Crippen molar-refractivity contribution in [3.05, 3.63) is 192 Å². The average Bonchev–Trinajstić information content (AvgIpc) is 3.68. The molecule has 0 saturated heterocycles. The summed E-state index contributed by atoms with van der Waals surface area (Å²) in [6, 6.07) is 56.6. The maximum atomic E-state index is 12.3. The highest BCUT2D eigenvalue weighted by atomic mass is 16.3. The third-order valence-electron chi connectivity index (χ3n) is 12.1. The molecule has 0 aliphatic heterocycles. The molecule has 0 atom stereocenters. The highest BCUT2D eigenvalue weighted by Gasteiger charge is 2.27. The highest BCUT2D eigenvalue weighted by Crippen LogP contribution is 2.45. The molecular weight excluding hydrogens is 767 g/mol. The van der Waals surface area contributed by atoms with Crippen LogP contribution in [0.5, 0.6) is 5.75 Å². The lowest BCUT2D eigenvalue weighted by Crippen LogP contribution is -2.12. The molecule has 63 heavy (non-hydrogen) atoms. The van der Waals surface area contributed by atoms with Crippen molar-refractivity contribution >= 4 is 11.0 Å². The van der Waals surface area contributed by atoms with Crippen LogP contribution in [-0.2, 0) is 5.41 Å². The predicted octanol–water partition coefficient (Wildman–Crippen LogP) is 16.0. The van der Waals surface area contributed by atoms with Crippen molar-refractivity contribution < 1.29 is 7.85 Å². The van der Waals surface area contributed by atoms with Gasteiger partial charge < -0.3 is 5.11 Å². The van der Waals surface area contributed by atoms with Crippen LogP contribution in [0.2, 0.25) is 0 Å². The van der Waals surface area contributed by atoms with Crippen molar-refractivity contribution in [1.29, 1.82) is 0 Å². The lowest BCUT2D eigenvalue weighted by Gasteiger charge is -2.23. The summed E-state index contributed by atoms with van der Waals surface area (Å²) in [5.41, 5.74) is 16.6. The lowest BCUT2D eigenvalue weighted by molar-refractivity contribution is 0.448. The summed E-state index contributed by atoms with van der Waals surface area (Å²) < 4.78 is 19.7. The second-order valence-electron chi connectivity index (χ2n) is 18.2. The number of aromatic nitrogens is 3. The van der Waals surface area contributed by atoms with Gasteiger partial charge in [0.05, 0.1) is 28.0 Å². The molecule has 9 rings (SSSR count). The highest BCUT2D eigenvalue weighted by molar-refractivity contribution is 5.98. The number of pyridine rings is 1. The van der Waals surface area contributed by atoms with Crippen LogP contribution >= 0.6 is 0 Å². The molecule has 9 aromatic rings. The Hall–Kier alpha value is -7.04. The van der Waals surface area contributed by atoms with Crippen molar-refractivity contribution in [2.24, 2.45) is 0 Å². The number of hydrogen-bond donors (Lipinski definition) is 1. The smallest absolute Gasteiger partial charge is 0.149 e. The van der Waals surface area contributed by atoms with E-state index < -0.39 is 11.8 Å². The van der Waals surface area contributed by atoms with Crippen molar-refractivity contribution in [3.63, 3.8) is 0 Å². The van der Waals surface area contributed by atoms with E-state index in [1.165, 1.54) is 0 Å². The molecule has 2 aromatic heterocycles. The van der Waals surface area contributed by atoms with Crippen LogP contribution in [0.15, 0.2) is 170 Å². The Labute approximate surface area is 375 Å². The van der Waals surface area contributed by atoms with Gasteiger partial charge in [-0.3, -0.25) is 9.55 Å². The van der Waals surface area contributed by atoms with Crippen LogP contribution < -0.4 is 0 Å². The fourth-order valence-corrected chi connectivity index (χ4v) is 8.66.